The Morgan fingerprint density at radius 2 is 1.85 bits per heavy atom. The maximum absolute atomic E-state index is 6.17. The first-order chi connectivity index (χ1) is 9.63. The summed E-state index contributed by atoms with van der Waals surface area (Å²) in [5, 5.41) is 5.30. The second-order valence-corrected chi connectivity index (χ2v) is 5.58. The third kappa shape index (κ3) is 3.34. The Morgan fingerprint density at radius 3 is 2.50 bits per heavy atom. The van der Waals surface area contributed by atoms with Gasteiger partial charge in [-0.1, -0.05) is 49.9 Å². The van der Waals surface area contributed by atoms with Crippen molar-refractivity contribution in [1.82, 2.24) is 9.78 Å². The molecule has 0 saturated carbocycles. The zero-order chi connectivity index (χ0) is 14.5. The van der Waals surface area contributed by atoms with Crippen molar-refractivity contribution < 1.29 is 0 Å². The van der Waals surface area contributed by atoms with E-state index in [0.29, 0.717) is 0 Å². The quantitative estimate of drug-likeness (QED) is 0.799. The zero-order valence-corrected chi connectivity index (χ0v) is 13.0. The predicted molar refractivity (Wildman–Crippen MR) is 85.9 cm³/mol. The van der Waals surface area contributed by atoms with E-state index in [1.54, 1.807) is 4.68 Å². The molecule has 3 nitrogen and oxygen atoms in total. The third-order valence-electron chi connectivity index (χ3n) is 3.56. The first kappa shape index (κ1) is 14.9. The molecular formula is C16H22ClN3. The molecule has 0 aliphatic rings. The summed E-state index contributed by atoms with van der Waals surface area (Å²) in [5.41, 5.74) is 9.40. The molecule has 1 aromatic carbocycles. The number of nitrogens with two attached hydrogens (primary N) is 1. The maximum atomic E-state index is 6.17. The lowest BCUT2D eigenvalue weighted by Gasteiger charge is -2.04. The minimum absolute atomic E-state index is 0.720. The maximum Gasteiger partial charge on any atom is 0.129 e. The van der Waals surface area contributed by atoms with Crippen molar-refractivity contribution in [3.8, 4) is 11.1 Å². The van der Waals surface area contributed by atoms with Crippen molar-refractivity contribution >= 4 is 17.4 Å². The fraction of sp³-hybridized carbons (Fsp3) is 0.438. The Bertz CT molecular complexity index is 558. The first-order valence-electron chi connectivity index (χ1n) is 7.20. The Morgan fingerprint density at radius 1 is 1.15 bits per heavy atom. The van der Waals surface area contributed by atoms with E-state index in [1.807, 2.05) is 31.3 Å². The molecule has 20 heavy (non-hydrogen) atoms. The minimum Gasteiger partial charge on any atom is -0.383 e. The lowest BCUT2D eigenvalue weighted by atomic mass is 10.0. The summed E-state index contributed by atoms with van der Waals surface area (Å²) in [6.45, 7) is 2.22. The van der Waals surface area contributed by atoms with Gasteiger partial charge in [0.1, 0.15) is 5.82 Å². The van der Waals surface area contributed by atoms with Gasteiger partial charge in [0.05, 0.1) is 5.69 Å². The van der Waals surface area contributed by atoms with Crippen LogP contribution in [0.5, 0.6) is 0 Å². The third-order valence-corrected chi connectivity index (χ3v) is 3.82. The van der Waals surface area contributed by atoms with E-state index in [0.717, 1.165) is 40.5 Å². The Kier molecular flexibility index (Phi) is 5.07. The highest BCUT2D eigenvalue weighted by Gasteiger charge is 2.15. The number of rotatable bonds is 6. The predicted octanol–water partition coefficient (Wildman–Crippen LogP) is 4.45. The Balaban J connectivity index is 2.24. The van der Waals surface area contributed by atoms with Crippen LogP contribution in [0.4, 0.5) is 5.82 Å². The SMILES string of the molecule is CCCCCCc1nn(C)c(N)c1-c1ccc(Cl)cc1. The van der Waals surface area contributed by atoms with Gasteiger partial charge >= 0.3 is 0 Å². The summed E-state index contributed by atoms with van der Waals surface area (Å²) in [7, 11) is 1.89. The van der Waals surface area contributed by atoms with Gasteiger partial charge in [0, 0.05) is 17.6 Å². The van der Waals surface area contributed by atoms with Gasteiger partial charge in [0.15, 0.2) is 0 Å². The van der Waals surface area contributed by atoms with Crippen LogP contribution < -0.4 is 5.73 Å². The van der Waals surface area contributed by atoms with E-state index in [-0.39, 0.29) is 0 Å². The van der Waals surface area contributed by atoms with E-state index in [2.05, 4.69) is 12.0 Å². The highest BCUT2D eigenvalue weighted by molar-refractivity contribution is 6.30. The van der Waals surface area contributed by atoms with Crippen molar-refractivity contribution in [1.29, 1.82) is 0 Å². The van der Waals surface area contributed by atoms with Crippen LogP contribution in [0, 0.1) is 0 Å². The van der Waals surface area contributed by atoms with Gasteiger partial charge in [-0.2, -0.15) is 5.10 Å². The van der Waals surface area contributed by atoms with Gasteiger partial charge in [-0.15, -0.1) is 0 Å². The van der Waals surface area contributed by atoms with Crippen LogP contribution in [-0.2, 0) is 13.5 Å². The number of benzene rings is 1. The molecule has 1 heterocycles. The highest BCUT2D eigenvalue weighted by atomic mass is 35.5. The standard InChI is InChI=1S/C16H22ClN3/c1-3-4-5-6-7-14-15(16(18)20(2)19-14)12-8-10-13(17)11-9-12/h8-11H,3-7,18H2,1-2H3. The number of nitrogens with zero attached hydrogens (tertiary/aromatic N) is 2. The van der Waals surface area contributed by atoms with Gasteiger partial charge in [-0.05, 0) is 30.5 Å². The number of aryl methyl sites for hydroxylation is 2. The van der Waals surface area contributed by atoms with E-state index in [1.165, 1.54) is 19.3 Å². The summed E-state index contributed by atoms with van der Waals surface area (Å²) in [6.07, 6.45) is 5.90. The molecule has 0 amide bonds. The molecule has 0 radical (unpaired) electrons. The van der Waals surface area contributed by atoms with Gasteiger partial charge in [-0.25, -0.2) is 0 Å². The molecule has 0 fully saturated rings. The fourth-order valence-electron chi connectivity index (χ4n) is 2.42. The van der Waals surface area contributed by atoms with Crippen molar-refractivity contribution in [3.63, 3.8) is 0 Å². The molecule has 1 aromatic heterocycles. The van der Waals surface area contributed by atoms with Crippen LogP contribution >= 0.6 is 11.6 Å². The van der Waals surface area contributed by atoms with Crippen LogP contribution in [-0.4, -0.2) is 9.78 Å². The lowest BCUT2D eigenvalue weighted by Crippen LogP contribution is -1.98. The molecule has 0 spiro atoms. The molecule has 0 saturated heterocycles. The zero-order valence-electron chi connectivity index (χ0n) is 12.2. The highest BCUT2D eigenvalue weighted by Crippen LogP contribution is 2.31. The average Bonchev–Trinajstić information content (AvgIpc) is 2.72. The van der Waals surface area contributed by atoms with E-state index in [9.17, 15) is 0 Å². The summed E-state index contributed by atoms with van der Waals surface area (Å²) in [6, 6.07) is 7.80. The van der Waals surface area contributed by atoms with Crippen molar-refractivity contribution in [3.05, 3.63) is 35.0 Å². The van der Waals surface area contributed by atoms with Crippen molar-refractivity contribution in [2.24, 2.45) is 7.05 Å². The molecule has 2 aromatic rings. The number of halogens is 1. The van der Waals surface area contributed by atoms with E-state index >= 15 is 0 Å². The average molecular weight is 292 g/mol. The fourth-order valence-corrected chi connectivity index (χ4v) is 2.55. The van der Waals surface area contributed by atoms with Crippen LogP contribution in [0.25, 0.3) is 11.1 Å². The number of aromatic nitrogens is 2. The van der Waals surface area contributed by atoms with Crippen LogP contribution in [0.15, 0.2) is 24.3 Å². The van der Waals surface area contributed by atoms with Crippen molar-refractivity contribution in [2.75, 3.05) is 5.73 Å². The van der Waals surface area contributed by atoms with Crippen LogP contribution in [0.1, 0.15) is 38.3 Å². The molecule has 0 atom stereocenters. The lowest BCUT2D eigenvalue weighted by molar-refractivity contribution is 0.651. The summed E-state index contributed by atoms with van der Waals surface area (Å²) < 4.78 is 1.76. The molecule has 108 valence electrons. The topological polar surface area (TPSA) is 43.8 Å². The van der Waals surface area contributed by atoms with Gasteiger partial charge in [-0.3, -0.25) is 4.68 Å². The molecular weight excluding hydrogens is 270 g/mol. The number of hydrogen-bond donors (Lipinski definition) is 1. The van der Waals surface area contributed by atoms with E-state index in [4.69, 9.17) is 17.3 Å². The molecule has 2 N–H and O–H groups in total. The summed E-state index contributed by atoms with van der Waals surface area (Å²) in [5.74, 6) is 0.720. The minimum atomic E-state index is 0.720. The summed E-state index contributed by atoms with van der Waals surface area (Å²) in [4.78, 5) is 0. The molecule has 2 rings (SSSR count). The first-order valence-corrected chi connectivity index (χ1v) is 7.58. The molecule has 0 unspecified atom stereocenters. The Labute approximate surface area is 125 Å². The molecule has 0 aliphatic carbocycles. The summed E-state index contributed by atoms with van der Waals surface area (Å²) >= 11 is 5.95. The number of nitrogen functional groups attached to an aromatic ring is 1. The number of hydrogen-bond acceptors (Lipinski definition) is 2. The van der Waals surface area contributed by atoms with Gasteiger partial charge in [0.2, 0.25) is 0 Å². The second kappa shape index (κ2) is 6.80. The normalized spacial score (nSPS) is 10.9. The Hall–Kier alpha value is -1.48. The van der Waals surface area contributed by atoms with Crippen LogP contribution in [0.3, 0.4) is 0 Å². The molecule has 4 heteroatoms. The smallest absolute Gasteiger partial charge is 0.129 e. The molecule has 0 bridgehead atoms. The molecule has 0 aliphatic heterocycles. The number of anilines is 1. The van der Waals surface area contributed by atoms with Gasteiger partial charge in [0.25, 0.3) is 0 Å². The van der Waals surface area contributed by atoms with E-state index < -0.39 is 0 Å². The largest absolute Gasteiger partial charge is 0.383 e. The monoisotopic (exact) mass is 291 g/mol. The van der Waals surface area contributed by atoms with Crippen molar-refractivity contribution in [2.45, 2.75) is 39.0 Å². The second-order valence-electron chi connectivity index (χ2n) is 5.15. The number of unbranched alkanes of at least 4 members (excludes halogenated alkanes) is 3. The van der Waals surface area contributed by atoms with Gasteiger partial charge < -0.3 is 5.73 Å². The van der Waals surface area contributed by atoms with Crippen LogP contribution in [0.2, 0.25) is 5.02 Å².